The Labute approximate surface area is 73.0 Å². The van der Waals surface area contributed by atoms with Crippen LogP contribution in [0.15, 0.2) is 12.2 Å². The molecule has 1 N–H and O–H groups in total. The second kappa shape index (κ2) is 4.93. The predicted octanol–water partition coefficient (Wildman–Crippen LogP) is 1.27. The molecule has 0 unspecified atom stereocenters. The summed E-state index contributed by atoms with van der Waals surface area (Å²) in [6.45, 7) is 5.50. The molecular weight excluding hydrogens is 156 g/mol. The van der Waals surface area contributed by atoms with E-state index in [1.165, 1.54) is 6.08 Å². The zero-order chi connectivity index (χ0) is 9.61. The number of carbonyl (C=O) groups is 1. The molecule has 0 aliphatic carbocycles. The van der Waals surface area contributed by atoms with Crippen LogP contribution >= 0.6 is 0 Å². The second-order valence-electron chi connectivity index (χ2n) is 3.17. The van der Waals surface area contributed by atoms with Gasteiger partial charge < -0.3 is 9.84 Å². The van der Waals surface area contributed by atoms with Crippen molar-refractivity contribution in [2.75, 3.05) is 6.61 Å². The fraction of sp³-hybridized carbons (Fsp3) is 0.667. The maximum atomic E-state index is 10.7. The molecule has 0 saturated heterocycles. The van der Waals surface area contributed by atoms with Crippen LogP contribution in [0.5, 0.6) is 0 Å². The van der Waals surface area contributed by atoms with Crippen LogP contribution in [-0.2, 0) is 9.53 Å². The van der Waals surface area contributed by atoms with Gasteiger partial charge in [-0.1, -0.05) is 6.08 Å². The van der Waals surface area contributed by atoms with E-state index >= 15 is 0 Å². The van der Waals surface area contributed by atoms with Crippen molar-refractivity contribution in [3.8, 4) is 0 Å². The van der Waals surface area contributed by atoms with E-state index < -0.39 is 5.60 Å². The third-order valence-corrected chi connectivity index (χ3v) is 1.16. The Kier molecular flexibility index (Phi) is 4.59. The minimum absolute atomic E-state index is 0.359. The molecule has 0 bridgehead atoms. The Balaban J connectivity index is 3.69. The molecule has 70 valence electrons. The highest BCUT2D eigenvalue weighted by molar-refractivity contribution is 5.81. The average molecular weight is 172 g/mol. The minimum Gasteiger partial charge on any atom is -0.463 e. The van der Waals surface area contributed by atoms with Gasteiger partial charge in [-0.15, -0.1) is 0 Å². The predicted molar refractivity (Wildman–Crippen MR) is 46.7 cm³/mol. The lowest BCUT2D eigenvalue weighted by Gasteiger charge is -2.12. The highest BCUT2D eigenvalue weighted by atomic mass is 16.5. The summed E-state index contributed by atoms with van der Waals surface area (Å²) in [7, 11) is 0. The zero-order valence-electron chi connectivity index (χ0n) is 7.83. The molecule has 0 aliphatic heterocycles. The first-order valence-electron chi connectivity index (χ1n) is 4.01. The summed E-state index contributed by atoms with van der Waals surface area (Å²) in [5, 5.41) is 9.26. The Morgan fingerprint density at radius 1 is 1.58 bits per heavy atom. The van der Waals surface area contributed by atoms with E-state index in [1.54, 1.807) is 26.8 Å². The number of hydrogen-bond donors (Lipinski definition) is 1. The van der Waals surface area contributed by atoms with E-state index in [-0.39, 0.29) is 5.97 Å². The summed E-state index contributed by atoms with van der Waals surface area (Å²) >= 11 is 0. The SMILES string of the molecule is CCOC(=O)/C=C/CC(C)(C)O. The molecule has 0 atom stereocenters. The largest absolute Gasteiger partial charge is 0.463 e. The van der Waals surface area contributed by atoms with Gasteiger partial charge in [-0.05, 0) is 27.2 Å². The summed E-state index contributed by atoms with van der Waals surface area (Å²) in [6, 6.07) is 0. The summed E-state index contributed by atoms with van der Waals surface area (Å²) in [5.41, 5.74) is -0.761. The van der Waals surface area contributed by atoms with E-state index in [9.17, 15) is 9.90 Å². The lowest BCUT2D eigenvalue weighted by atomic mass is 10.1. The van der Waals surface area contributed by atoms with Crippen molar-refractivity contribution in [3.05, 3.63) is 12.2 Å². The van der Waals surface area contributed by atoms with Crippen molar-refractivity contribution in [1.29, 1.82) is 0 Å². The first-order valence-corrected chi connectivity index (χ1v) is 4.01. The zero-order valence-corrected chi connectivity index (χ0v) is 7.83. The third kappa shape index (κ3) is 7.28. The number of hydrogen-bond acceptors (Lipinski definition) is 3. The first-order chi connectivity index (χ1) is 5.45. The van der Waals surface area contributed by atoms with Crippen molar-refractivity contribution in [2.45, 2.75) is 32.8 Å². The average Bonchev–Trinajstić information content (AvgIpc) is 1.84. The van der Waals surface area contributed by atoms with Gasteiger partial charge in [0.15, 0.2) is 0 Å². The van der Waals surface area contributed by atoms with Crippen LogP contribution in [0.4, 0.5) is 0 Å². The molecule has 0 spiro atoms. The van der Waals surface area contributed by atoms with Crippen molar-refractivity contribution in [3.63, 3.8) is 0 Å². The van der Waals surface area contributed by atoms with Crippen molar-refractivity contribution < 1.29 is 14.6 Å². The van der Waals surface area contributed by atoms with Crippen LogP contribution in [0.2, 0.25) is 0 Å². The van der Waals surface area contributed by atoms with Gasteiger partial charge in [0.25, 0.3) is 0 Å². The first kappa shape index (κ1) is 11.2. The molecule has 0 aromatic heterocycles. The number of aliphatic hydroxyl groups is 1. The second-order valence-corrected chi connectivity index (χ2v) is 3.17. The highest BCUT2D eigenvalue weighted by Gasteiger charge is 2.09. The van der Waals surface area contributed by atoms with Gasteiger partial charge in [0.2, 0.25) is 0 Å². The van der Waals surface area contributed by atoms with E-state index in [0.29, 0.717) is 13.0 Å². The summed E-state index contributed by atoms with van der Waals surface area (Å²) in [5.74, 6) is -0.359. The standard InChI is InChI=1S/C9H16O3/c1-4-12-8(10)6-5-7-9(2,3)11/h5-6,11H,4,7H2,1-3H3/b6-5+. The highest BCUT2D eigenvalue weighted by Crippen LogP contribution is 2.07. The Hall–Kier alpha value is -0.830. The van der Waals surface area contributed by atoms with Crippen LogP contribution in [0.1, 0.15) is 27.2 Å². The molecule has 0 heterocycles. The van der Waals surface area contributed by atoms with Crippen LogP contribution in [0.3, 0.4) is 0 Å². The third-order valence-electron chi connectivity index (χ3n) is 1.16. The Morgan fingerprint density at radius 2 is 2.17 bits per heavy atom. The molecular formula is C9H16O3. The minimum atomic E-state index is -0.761. The lowest BCUT2D eigenvalue weighted by Crippen LogP contribution is -2.16. The quantitative estimate of drug-likeness (QED) is 0.513. The molecule has 0 saturated carbocycles. The van der Waals surface area contributed by atoms with Crippen LogP contribution in [-0.4, -0.2) is 23.3 Å². The smallest absolute Gasteiger partial charge is 0.330 e. The van der Waals surface area contributed by atoms with Gasteiger partial charge in [0.05, 0.1) is 12.2 Å². The van der Waals surface area contributed by atoms with Crippen LogP contribution in [0, 0.1) is 0 Å². The molecule has 3 heteroatoms. The summed E-state index contributed by atoms with van der Waals surface area (Å²) in [4.78, 5) is 10.7. The number of esters is 1. The van der Waals surface area contributed by atoms with Crippen LogP contribution in [0.25, 0.3) is 0 Å². The monoisotopic (exact) mass is 172 g/mol. The van der Waals surface area contributed by atoms with E-state index in [0.717, 1.165) is 0 Å². The van der Waals surface area contributed by atoms with Crippen molar-refractivity contribution in [2.24, 2.45) is 0 Å². The molecule has 0 aromatic rings. The normalized spacial score (nSPS) is 12.0. The van der Waals surface area contributed by atoms with Crippen molar-refractivity contribution in [1.82, 2.24) is 0 Å². The molecule has 0 aromatic carbocycles. The van der Waals surface area contributed by atoms with E-state index in [2.05, 4.69) is 4.74 Å². The van der Waals surface area contributed by atoms with Crippen molar-refractivity contribution >= 4 is 5.97 Å². The number of rotatable bonds is 4. The fourth-order valence-corrected chi connectivity index (χ4v) is 0.634. The Bertz CT molecular complexity index is 165. The van der Waals surface area contributed by atoms with E-state index in [1.807, 2.05) is 0 Å². The molecule has 12 heavy (non-hydrogen) atoms. The Morgan fingerprint density at radius 3 is 2.58 bits per heavy atom. The van der Waals surface area contributed by atoms with Gasteiger partial charge >= 0.3 is 5.97 Å². The number of ether oxygens (including phenoxy) is 1. The molecule has 0 radical (unpaired) electrons. The van der Waals surface area contributed by atoms with Gasteiger partial charge in [-0.3, -0.25) is 0 Å². The topological polar surface area (TPSA) is 46.5 Å². The fourth-order valence-electron chi connectivity index (χ4n) is 0.634. The molecule has 0 fully saturated rings. The van der Waals surface area contributed by atoms with Gasteiger partial charge in [-0.2, -0.15) is 0 Å². The summed E-state index contributed by atoms with van der Waals surface area (Å²) < 4.78 is 4.65. The van der Waals surface area contributed by atoms with Gasteiger partial charge in [0.1, 0.15) is 0 Å². The van der Waals surface area contributed by atoms with E-state index in [4.69, 9.17) is 0 Å². The van der Waals surface area contributed by atoms with Gasteiger partial charge in [-0.25, -0.2) is 4.79 Å². The van der Waals surface area contributed by atoms with Gasteiger partial charge in [0, 0.05) is 6.08 Å². The molecule has 0 rings (SSSR count). The maximum absolute atomic E-state index is 10.7. The summed E-state index contributed by atoms with van der Waals surface area (Å²) in [6.07, 6.45) is 3.39. The molecule has 0 amide bonds. The molecule has 0 aliphatic rings. The number of carbonyl (C=O) groups excluding carboxylic acids is 1. The van der Waals surface area contributed by atoms with Crippen LogP contribution < -0.4 is 0 Å². The maximum Gasteiger partial charge on any atom is 0.330 e. The lowest BCUT2D eigenvalue weighted by molar-refractivity contribution is -0.137. The molecule has 3 nitrogen and oxygen atoms in total.